The van der Waals surface area contributed by atoms with Crippen molar-refractivity contribution < 1.29 is 11.0 Å². The summed E-state index contributed by atoms with van der Waals surface area (Å²) in [5.74, 6) is 0. The number of hydrogen-bond acceptors (Lipinski definition) is 0. The van der Waals surface area contributed by atoms with E-state index in [-0.39, 0.29) is 45.7 Å². The van der Waals surface area contributed by atoms with E-state index in [0.717, 1.165) is 53.9 Å². The summed E-state index contributed by atoms with van der Waals surface area (Å²) < 4.78 is 73.6. The third-order valence-corrected chi connectivity index (χ3v) is 9.43. The Kier molecular flexibility index (Phi) is 3.98. The van der Waals surface area contributed by atoms with Gasteiger partial charge in [-0.15, -0.1) is 0 Å². The van der Waals surface area contributed by atoms with E-state index in [4.69, 9.17) is 5.48 Å². The first-order chi connectivity index (χ1) is 26.2. The van der Waals surface area contributed by atoms with Gasteiger partial charge in [0, 0.05) is 0 Å². The molecular formula is C46H28. The van der Waals surface area contributed by atoms with Crippen molar-refractivity contribution in [2.75, 3.05) is 0 Å². The summed E-state index contributed by atoms with van der Waals surface area (Å²) in [7, 11) is 0. The molecule has 46 heavy (non-hydrogen) atoms. The van der Waals surface area contributed by atoms with Crippen LogP contribution in [0, 0.1) is 0 Å². The van der Waals surface area contributed by atoms with Crippen molar-refractivity contribution in [1.82, 2.24) is 0 Å². The highest BCUT2D eigenvalue weighted by Crippen LogP contribution is 2.48. The molecule has 0 bridgehead atoms. The summed E-state index contributed by atoms with van der Waals surface area (Å²) >= 11 is 0. The van der Waals surface area contributed by atoms with Gasteiger partial charge in [-0.05, 0) is 110 Å². The molecule has 0 spiro atoms. The normalized spacial score (nSPS) is 14.3. The average molecular weight is 589 g/mol. The number of fused-ring (bicyclic) bond motifs is 11. The van der Waals surface area contributed by atoms with Crippen LogP contribution in [0.15, 0.2) is 170 Å². The Hall–Kier alpha value is -5.98. The molecule has 0 fully saturated rings. The Bertz CT molecular complexity index is 3230. The molecular weight excluding hydrogens is 553 g/mol. The van der Waals surface area contributed by atoms with Crippen molar-refractivity contribution in [3.05, 3.63) is 170 Å². The van der Waals surface area contributed by atoms with Gasteiger partial charge in [-0.1, -0.05) is 158 Å². The third-order valence-electron chi connectivity index (χ3n) is 9.43. The zero-order valence-corrected chi connectivity index (χ0v) is 24.5. The fraction of sp³-hybridized carbons (Fsp3) is 0. The molecule has 0 radical (unpaired) electrons. The maximum absolute atomic E-state index is 9.53. The molecule has 10 aromatic rings. The standard InChI is InChI=1S/C46H28/c1-2-14-30-27-31(26-25-29(30)13-1)44-38-21-9-11-23-40(38)46(41-24-12-10-22-39(41)44)43-28-42-34-17-4-3-15-32(34)33-16-5-7-19-36(33)45(42)37-20-8-6-18-35(37)43/h1-28H/i9D,10D,11D,12D,21D,22D,23D,24D. The van der Waals surface area contributed by atoms with Gasteiger partial charge in [0.1, 0.15) is 0 Å². The molecule has 10 aromatic carbocycles. The van der Waals surface area contributed by atoms with Crippen LogP contribution >= 0.6 is 0 Å². The molecule has 0 heteroatoms. The zero-order chi connectivity index (χ0) is 37.2. The van der Waals surface area contributed by atoms with Gasteiger partial charge in [-0.25, -0.2) is 0 Å². The molecule has 0 aliphatic carbocycles. The van der Waals surface area contributed by atoms with Gasteiger partial charge in [-0.2, -0.15) is 0 Å². The monoisotopic (exact) mass is 588 g/mol. The molecule has 0 N–H and O–H groups in total. The Balaban J connectivity index is 1.53. The van der Waals surface area contributed by atoms with Crippen LogP contribution in [0.2, 0.25) is 0 Å². The summed E-state index contributed by atoms with van der Waals surface area (Å²) in [4.78, 5) is 0. The van der Waals surface area contributed by atoms with E-state index in [9.17, 15) is 5.48 Å². The van der Waals surface area contributed by atoms with Gasteiger partial charge in [0.2, 0.25) is 0 Å². The second-order valence-corrected chi connectivity index (χ2v) is 11.8. The van der Waals surface area contributed by atoms with Gasteiger partial charge in [-0.3, -0.25) is 0 Å². The summed E-state index contributed by atoms with van der Waals surface area (Å²) in [6.07, 6.45) is 0. The SMILES string of the molecule is [2H]c1c([2H])c([2H])c2c(-c3cc4c5ccccc5c5ccccc5c4c4ccccc34)c3c([2H])c([2H])c([2H])c([2H])c3c(-c3ccc4ccccc4c3)c2c1[2H]. The number of hydrogen-bond donors (Lipinski definition) is 0. The lowest BCUT2D eigenvalue weighted by Gasteiger charge is -2.21. The quantitative estimate of drug-likeness (QED) is 0.139. The maximum Gasteiger partial charge on any atom is 0.0629 e. The van der Waals surface area contributed by atoms with Gasteiger partial charge in [0.15, 0.2) is 0 Å². The summed E-state index contributed by atoms with van der Waals surface area (Å²) in [6, 6.07) is 37.3. The highest BCUT2D eigenvalue weighted by molar-refractivity contribution is 6.34. The molecule has 10 rings (SSSR count). The van der Waals surface area contributed by atoms with Crippen LogP contribution in [-0.4, -0.2) is 0 Å². The predicted molar refractivity (Wildman–Crippen MR) is 200 cm³/mol. The highest BCUT2D eigenvalue weighted by Gasteiger charge is 2.20. The van der Waals surface area contributed by atoms with Gasteiger partial charge >= 0.3 is 0 Å². The number of benzene rings is 10. The Morgan fingerprint density at radius 2 is 0.783 bits per heavy atom. The van der Waals surface area contributed by atoms with E-state index in [1.165, 1.54) is 0 Å². The van der Waals surface area contributed by atoms with Crippen LogP contribution in [0.5, 0.6) is 0 Å². The summed E-state index contributed by atoms with van der Waals surface area (Å²) in [5.41, 5.74) is 1.90. The molecule has 0 unspecified atom stereocenters. The van der Waals surface area contributed by atoms with Crippen molar-refractivity contribution in [2.45, 2.75) is 0 Å². The van der Waals surface area contributed by atoms with Crippen LogP contribution in [0.3, 0.4) is 0 Å². The molecule has 0 saturated carbocycles. The lowest BCUT2D eigenvalue weighted by atomic mass is 9.82. The van der Waals surface area contributed by atoms with E-state index in [1.807, 2.05) is 84.9 Å². The van der Waals surface area contributed by atoms with Gasteiger partial charge in [0.25, 0.3) is 0 Å². The number of rotatable bonds is 2. The fourth-order valence-electron chi connectivity index (χ4n) is 7.50. The van der Waals surface area contributed by atoms with Crippen LogP contribution in [0.1, 0.15) is 11.0 Å². The van der Waals surface area contributed by atoms with Crippen molar-refractivity contribution in [2.24, 2.45) is 0 Å². The Labute approximate surface area is 278 Å². The minimum atomic E-state index is -0.417. The van der Waals surface area contributed by atoms with Gasteiger partial charge in [0.05, 0.1) is 11.0 Å². The summed E-state index contributed by atoms with van der Waals surface area (Å²) in [5, 5.41) is 10.6. The summed E-state index contributed by atoms with van der Waals surface area (Å²) in [6.45, 7) is 0. The fourth-order valence-corrected chi connectivity index (χ4v) is 7.50. The van der Waals surface area contributed by atoms with Crippen molar-refractivity contribution in [3.63, 3.8) is 0 Å². The van der Waals surface area contributed by atoms with Crippen LogP contribution in [-0.2, 0) is 0 Å². The van der Waals surface area contributed by atoms with Crippen molar-refractivity contribution in [1.29, 1.82) is 0 Å². The minimum absolute atomic E-state index is 0.205. The molecule has 0 atom stereocenters. The molecule has 0 saturated heterocycles. The van der Waals surface area contributed by atoms with E-state index in [0.29, 0.717) is 22.3 Å². The van der Waals surface area contributed by atoms with E-state index >= 15 is 0 Å². The first-order valence-corrected chi connectivity index (χ1v) is 15.4. The third kappa shape index (κ3) is 3.56. The van der Waals surface area contributed by atoms with Crippen LogP contribution < -0.4 is 0 Å². The zero-order valence-electron chi connectivity index (χ0n) is 32.5. The highest BCUT2D eigenvalue weighted by atomic mass is 14.2. The van der Waals surface area contributed by atoms with Crippen LogP contribution in [0.4, 0.5) is 0 Å². The topological polar surface area (TPSA) is 0 Å². The largest absolute Gasteiger partial charge is 0.0629 e. The van der Waals surface area contributed by atoms with Gasteiger partial charge < -0.3 is 0 Å². The predicted octanol–water partition coefficient (Wildman–Crippen LogP) is 13.1. The van der Waals surface area contributed by atoms with Crippen molar-refractivity contribution in [3.8, 4) is 22.3 Å². The van der Waals surface area contributed by atoms with E-state index < -0.39 is 24.2 Å². The van der Waals surface area contributed by atoms with E-state index in [2.05, 4.69) is 36.4 Å². The molecule has 0 amide bonds. The molecule has 0 heterocycles. The van der Waals surface area contributed by atoms with E-state index in [1.54, 1.807) is 0 Å². The lowest BCUT2D eigenvalue weighted by Crippen LogP contribution is -1.93. The van der Waals surface area contributed by atoms with Crippen LogP contribution in [0.25, 0.3) is 97.7 Å². The average Bonchev–Trinajstić information content (AvgIpc) is 3.21. The molecule has 0 aliphatic rings. The smallest absolute Gasteiger partial charge is 0.0616 e. The second kappa shape index (κ2) is 9.76. The molecule has 0 aliphatic heterocycles. The lowest BCUT2D eigenvalue weighted by molar-refractivity contribution is 1.69. The molecule has 0 aromatic heterocycles. The first-order valence-electron chi connectivity index (χ1n) is 19.4. The second-order valence-electron chi connectivity index (χ2n) is 11.8. The van der Waals surface area contributed by atoms with Crippen molar-refractivity contribution >= 4 is 75.4 Å². The first kappa shape index (κ1) is 18.7. The molecule has 0 nitrogen and oxygen atoms in total. The maximum atomic E-state index is 9.53. The molecule has 212 valence electrons. The Morgan fingerprint density at radius 3 is 1.41 bits per heavy atom. The minimum Gasteiger partial charge on any atom is -0.0616 e. The Morgan fingerprint density at radius 1 is 0.326 bits per heavy atom.